The first kappa shape index (κ1) is 27.9. The highest BCUT2D eigenvalue weighted by Gasteiger charge is 2.70. The number of carbonyl (C=O) groups excluding carboxylic acids is 1. The first-order chi connectivity index (χ1) is 17.6. The number of ketones is 1. The van der Waals surface area contributed by atoms with E-state index in [-0.39, 0.29) is 38.9 Å². The van der Waals surface area contributed by atoms with E-state index in [1.165, 1.54) is 5.57 Å². The van der Waals surface area contributed by atoms with Crippen LogP contribution in [0.25, 0.3) is 0 Å². The smallest absolute Gasteiger partial charge is 0.309 e. The van der Waals surface area contributed by atoms with Crippen LogP contribution in [0.5, 0.6) is 0 Å². The number of hydrogen-bond acceptors (Lipinski definition) is 4. The van der Waals surface area contributed by atoms with Gasteiger partial charge in [-0.15, -0.1) is 0 Å². The van der Waals surface area contributed by atoms with Crippen molar-refractivity contribution in [1.82, 2.24) is 0 Å². The summed E-state index contributed by atoms with van der Waals surface area (Å²) in [5, 5.41) is 14.7. The zero-order valence-corrected chi connectivity index (χ0v) is 25.2. The van der Waals surface area contributed by atoms with Crippen LogP contribution in [0.15, 0.2) is 16.8 Å². The lowest BCUT2D eigenvalue weighted by atomic mass is 9.33. The minimum atomic E-state index is -0.712. The number of oxime groups is 1. The summed E-state index contributed by atoms with van der Waals surface area (Å²) in [5.41, 5.74) is 1.42. The molecule has 0 spiro atoms. The van der Waals surface area contributed by atoms with Crippen molar-refractivity contribution in [2.24, 2.45) is 55.4 Å². The average Bonchev–Trinajstić information content (AvgIpc) is 2.83. The zero-order chi connectivity index (χ0) is 27.9. The predicted octanol–water partition coefficient (Wildman–Crippen LogP) is 7.83. The fraction of sp³-hybridized carbons (Fsp3) is 0.848. The number of hydrogen-bond donors (Lipinski definition) is 1. The molecule has 0 aromatic heterocycles. The van der Waals surface area contributed by atoms with Gasteiger partial charge in [0.2, 0.25) is 0 Å². The largest absolute Gasteiger partial charge is 0.481 e. The Hall–Kier alpha value is -1.65. The van der Waals surface area contributed by atoms with Gasteiger partial charge >= 0.3 is 5.97 Å². The molecule has 8 atom stereocenters. The number of carboxylic acids is 1. The van der Waals surface area contributed by atoms with E-state index in [4.69, 9.17) is 4.84 Å². The van der Waals surface area contributed by atoms with Crippen molar-refractivity contribution < 1.29 is 19.5 Å². The summed E-state index contributed by atoms with van der Waals surface area (Å²) < 4.78 is 0. The maximum absolute atomic E-state index is 14.4. The Balaban J connectivity index is 1.56. The highest BCUT2D eigenvalue weighted by Crippen LogP contribution is 2.74. The number of fused-ring (bicyclic) bond motifs is 7. The van der Waals surface area contributed by atoms with Crippen LogP contribution >= 0.6 is 0 Å². The standard InChI is InChI=1S/C33H51NO4/c1-9-18-38-34-25-11-12-31(6)24(28(25,2)3)10-13-33(8)26(31)23(35)19-21-22-20-30(5,27(36)37)15-14-29(22,4)16-17-32(21,33)7/h19,22,24,26H,9-18,20H2,1-8H3,(H,36,37)/b34-25+/t22-,24-,26?,29+,30+,31-,32+,33+/m0/s1. The molecule has 5 heteroatoms. The van der Waals surface area contributed by atoms with Crippen LogP contribution in [0.3, 0.4) is 0 Å². The first-order valence-corrected chi connectivity index (χ1v) is 15.3. The lowest BCUT2D eigenvalue weighted by molar-refractivity contribution is -0.176. The highest BCUT2D eigenvalue weighted by atomic mass is 16.6. The Morgan fingerprint density at radius 3 is 2.37 bits per heavy atom. The summed E-state index contributed by atoms with van der Waals surface area (Å²) in [6.45, 7) is 18.9. The molecule has 5 nitrogen and oxygen atoms in total. The van der Waals surface area contributed by atoms with Gasteiger partial charge in [0.05, 0.1) is 11.1 Å². The Morgan fingerprint density at radius 1 is 1.03 bits per heavy atom. The Kier molecular flexibility index (Phi) is 6.37. The quantitative estimate of drug-likeness (QED) is 0.300. The second-order valence-corrected chi connectivity index (χ2v) is 15.7. The van der Waals surface area contributed by atoms with Gasteiger partial charge in [0, 0.05) is 11.3 Å². The van der Waals surface area contributed by atoms with Crippen LogP contribution in [-0.2, 0) is 14.4 Å². The number of carbonyl (C=O) groups is 2. The molecular weight excluding hydrogens is 474 g/mol. The van der Waals surface area contributed by atoms with Crippen molar-refractivity contribution in [3.05, 3.63) is 11.6 Å². The van der Waals surface area contributed by atoms with Crippen LogP contribution < -0.4 is 0 Å². The number of carboxylic acid groups (broad SMARTS) is 1. The van der Waals surface area contributed by atoms with Gasteiger partial charge in [0.25, 0.3) is 0 Å². The summed E-state index contributed by atoms with van der Waals surface area (Å²) in [7, 11) is 0. The monoisotopic (exact) mass is 525 g/mol. The fourth-order valence-corrected chi connectivity index (χ4v) is 10.6. The van der Waals surface area contributed by atoms with Gasteiger partial charge in [-0.05, 0) is 111 Å². The number of aliphatic carboxylic acids is 1. The molecule has 5 aliphatic carbocycles. The summed E-state index contributed by atoms with van der Waals surface area (Å²) >= 11 is 0. The molecule has 5 rings (SSSR count). The van der Waals surface area contributed by atoms with Crippen LogP contribution in [0.2, 0.25) is 0 Å². The van der Waals surface area contributed by atoms with Crippen molar-refractivity contribution in [2.75, 3.05) is 6.61 Å². The molecule has 4 fully saturated rings. The summed E-state index contributed by atoms with van der Waals surface area (Å²) in [6.07, 6.45) is 11.5. The first-order valence-electron chi connectivity index (χ1n) is 15.3. The average molecular weight is 526 g/mol. The van der Waals surface area contributed by atoms with Gasteiger partial charge in [-0.1, -0.05) is 59.2 Å². The second kappa shape index (κ2) is 8.67. The van der Waals surface area contributed by atoms with Gasteiger partial charge in [-0.3, -0.25) is 9.59 Å². The lowest BCUT2D eigenvalue weighted by Gasteiger charge is -2.70. The van der Waals surface area contributed by atoms with Crippen molar-refractivity contribution in [2.45, 2.75) is 120 Å². The van der Waals surface area contributed by atoms with Gasteiger partial charge in [0.15, 0.2) is 5.78 Å². The molecule has 0 amide bonds. The van der Waals surface area contributed by atoms with Crippen molar-refractivity contribution in [3.8, 4) is 0 Å². The molecule has 0 aromatic rings. The molecule has 0 aliphatic heterocycles. The molecule has 0 saturated heterocycles. The van der Waals surface area contributed by atoms with Crippen molar-refractivity contribution in [1.29, 1.82) is 0 Å². The third-order valence-corrected chi connectivity index (χ3v) is 13.3. The molecule has 1 unspecified atom stereocenters. The van der Waals surface area contributed by atoms with E-state index in [0.29, 0.717) is 24.7 Å². The number of allylic oxidation sites excluding steroid dienone is 2. The maximum atomic E-state index is 14.4. The van der Waals surface area contributed by atoms with Gasteiger partial charge in [-0.25, -0.2) is 0 Å². The minimum Gasteiger partial charge on any atom is -0.481 e. The Labute approximate surface area is 230 Å². The summed E-state index contributed by atoms with van der Waals surface area (Å²) in [4.78, 5) is 32.4. The van der Waals surface area contributed by atoms with Crippen LogP contribution in [0.4, 0.5) is 0 Å². The van der Waals surface area contributed by atoms with E-state index in [1.54, 1.807) is 0 Å². The Morgan fingerprint density at radius 2 is 1.71 bits per heavy atom. The van der Waals surface area contributed by atoms with Crippen LogP contribution in [0.1, 0.15) is 120 Å². The zero-order valence-electron chi connectivity index (χ0n) is 25.2. The molecule has 5 aliphatic rings. The molecular formula is C33H51NO4. The maximum Gasteiger partial charge on any atom is 0.309 e. The molecule has 1 N–H and O–H groups in total. The number of nitrogens with zero attached hydrogens (tertiary/aromatic N) is 1. The summed E-state index contributed by atoms with van der Waals surface area (Å²) in [6, 6.07) is 0. The van der Waals surface area contributed by atoms with E-state index in [0.717, 1.165) is 63.5 Å². The molecule has 4 saturated carbocycles. The lowest BCUT2D eigenvalue weighted by Crippen LogP contribution is -2.66. The van der Waals surface area contributed by atoms with Crippen LogP contribution in [-0.4, -0.2) is 29.2 Å². The topological polar surface area (TPSA) is 76.0 Å². The SMILES string of the molecule is CCCO/N=C1\CC[C@]2(C)C3C(=O)C=C4[C@@H]5C[C@](C)(C(=O)O)CC[C@]5(C)CC[C@@]4(C)[C@]3(C)CC[C@H]2C1(C)C. The number of rotatable bonds is 4. The van der Waals surface area contributed by atoms with E-state index in [1.807, 2.05) is 6.92 Å². The molecule has 38 heavy (non-hydrogen) atoms. The van der Waals surface area contributed by atoms with E-state index in [2.05, 4.69) is 59.7 Å². The fourth-order valence-electron chi connectivity index (χ4n) is 10.6. The van der Waals surface area contributed by atoms with Gasteiger partial charge in [-0.2, -0.15) is 0 Å². The molecule has 0 bridgehead atoms. The van der Waals surface area contributed by atoms with E-state index >= 15 is 0 Å². The summed E-state index contributed by atoms with van der Waals surface area (Å²) in [5.74, 6) is 0.153. The van der Waals surface area contributed by atoms with Gasteiger partial charge in [0.1, 0.15) is 6.61 Å². The third-order valence-electron chi connectivity index (χ3n) is 13.3. The highest BCUT2D eigenvalue weighted by molar-refractivity contribution is 5.97. The Bertz CT molecular complexity index is 1090. The minimum absolute atomic E-state index is 0.0151. The normalized spacial score (nSPS) is 48.7. The van der Waals surface area contributed by atoms with Crippen LogP contribution in [0, 0.1) is 50.2 Å². The predicted molar refractivity (Wildman–Crippen MR) is 151 cm³/mol. The second-order valence-electron chi connectivity index (χ2n) is 15.7. The van der Waals surface area contributed by atoms with E-state index in [9.17, 15) is 14.7 Å². The molecule has 0 aromatic carbocycles. The van der Waals surface area contributed by atoms with Crippen molar-refractivity contribution >= 4 is 17.5 Å². The van der Waals surface area contributed by atoms with Crippen molar-refractivity contribution in [3.63, 3.8) is 0 Å². The molecule has 0 radical (unpaired) electrons. The van der Waals surface area contributed by atoms with E-state index < -0.39 is 11.4 Å². The molecule has 212 valence electrons. The molecule has 0 heterocycles. The third kappa shape index (κ3) is 3.58. The van der Waals surface area contributed by atoms with Gasteiger partial charge < -0.3 is 9.94 Å².